The summed E-state index contributed by atoms with van der Waals surface area (Å²) in [6, 6.07) is 6.21. The van der Waals surface area contributed by atoms with Gasteiger partial charge in [0.1, 0.15) is 11.6 Å². The molecule has 6 nitrogen and oxygen atoms in total. The van der Waals surface area contributed by atoms with Crippen LogP contribution in [0.1, 0.15) is 21.9 Å². The van der Waals surface area contributed by atoms with E-state index >= 15 is 0 Å². The summed E-state index contributed by atoms with van der Waals surface area (Å²) >= 11 is 5.91. The van der Waals surface area contributed by atoms with Gasteiger partial charge < -0.3 is 14.8 Å². The first-order valence-electron chi connectivity index (χ1n) is 6.18. The molecule has 0 amide bonds. The first-order chi connectivity index (χ1) is 9.95. The number of aromatic carboxylic acids is 1. The van der Waals surface area contributed by atoms with Gasteiger partial charge in [-0.3, -0.25) is 4.79 Å². The minimum Gasteiger partial charge on any atom is -0.493 e. The second-order valence-corrected chi connectivity index (χ2v) is 4.80. The molecule has 0 radical (unpaired) electrons. The van der Waals surface area contributed by atoms with Gasteiger partial charge in [0, 0.05) is 17.5 Å². The molecular weight excluding hydrogens is 296 g/mol. The predicted octanol–water partition coefficient (Wildman–Crippen LogP) is 2.05. The van der Waals surface area contributed by atoms with Gasteiger partial charge in [-0.05, 0) is 30.7 Å². The molecule has 0 aliphatic rings. The topological polar surface area (TPSA) is 92.3 Å². The fourth-order valence-electron chi connectivity index (χ4n) is 1.71. The van der Waals surface area contributed by atoms with Crippen LogP contribution >= 0.6 is 11.6 Å². The lowest BCUT2D eigenvalue weighted by atomic mass is 10.2. The summed E-state index contributed by atoms with van der Waals surface area (Å²) in [6.45, 7) is 2.12. The van der Waals surface area contributed by atoms with Crippen molar-refractivity contribution in [3.8, 4) is 5.75 Å². The number of aryl methyl sites for hydroxylation is 1. The molecule has 2 N–H and O–H groups in total. The van der Waals surface area contributed by atoms with Crippen LogP contribution in [0.4, 0.5) is 0 Å². The summed E-state index contributed by atoms with van der Waals surface area (Å²) < 4.78 is 5.52. The second kappa shape index (κ2) is 6.41. The fraction of sp³-hybridized carbons (Fsp3) is 0.214. The molecular formula is C14H13ClN2O4. The number of aromatic amines is 1. The van der Waals surface area contributed by atoms with E-state index in [-0.39, 0.29) is 24.5 Å². The van der Waals surface area contributed by atoms with E-state index in [2.05, 4.69) is 9.97 Å². The number of aromatic nitrogens is 2. The Morgan fingerprint density at radius 1 is 1.43 bits per heavy atom. The van der Waals surface area contributed by atoms with Crippen LogP contribution in [0.2, 0.25) is 5.02 Å². The van der Waals surface area contributed by atoms with Crippen molar-refractivity contribution < 1.29 is 14.6 Å². The van der Waals surface area contributed by atoms with Gasteiger partial charge in [0.25, 0.3) is 5.56 Å². The number of nitrogens with one attached hydrogen (secondary N) is 1. The summed E-state index contributed by atoms with van der Waals surface area (Å²) in [4.78, 5) is 28.4. The average Bonchev–Trinajstić information content (AvgIpc) is 2.42. The van der Waals surface area contributed by atoms with E-state index in [1.165, 1.54) is 0 Å². The zero-order chi connectivity index (χ0) is 15.4. The number of hydrogen-bond donors (Lipinski definition) is 2. The molecule has 0 fully saturated rings. The summed E-state index contributed by atoms with van der Waals surface area (Å²) in [7, 11) is 0. The van der Waals surface area contributed by atoms with Gasteiger partial charge in [0.2, 0.25) is 0 Å². The average molecular weight is 309 g/mol. The zero-order valence-corrected chi connectivity index (χ0v) is 12.0. The number of carboxylic acid groups (broad SMARTS) is 1. The summed E-state index contributed by atoms with van der Waals surface area (Å²) in [6.07, 6.45) is 0.290. The molecule has 110 valence electrons. The minimum atomic E-state index is -1.24. The SMILES string of the molecule is Cc1cc(OCCc2nc(C(=O)O)cc(=O)[nH]2)ccc1Cl. The summed E-state index contributed by atoms with van der Waals surface area (Å²) in [5.41, 5.74) is 0.115. The van der Waals surface area contributed by atoms with E-state index in [4.69, 9.17) is 21.4 Å². The number of nitrogens with zero attached hydrogens (tertiary/aromatic N) is 1. The van der Waals surface area contributed by atoms with Crippen LogP contribution in [-0.4, -0.2) is 27.7 Å². The first kappa shape index (κ1) is 15.1. The monoisotopic (exact) mass is 308 g/mol. The van der Waals surface area contributed by atoms with Crippen LogP contribution in [0.25, 0.3) is 0 Å². The van der Waals surface area contributed by atoms with Crippen LogP contribution in [0.15, 0.2) is 29.1 Å². The lowest BCUT2D eigenvalue weighted by Crippen LogP contribution is -2.17. The van der Waals surface area contributed by atoms with Crippen molar-refractivity contribution in [2.45, 2.75) is 13.3 Å². The van der Waals surface area contributed by atoms with Gasteiger partial charge in [0.05, 0.1) is 6.61 Å². The Morgan fingerprint density at radius 3 is 2.86 bits per heavy atom. The number of hydrogen-bond acceptors (Lipinski definition) is 4. The number of halogens is 1. The largest absolute Gasteiger partial charge is 0.493 e. The Morgan fingerprint density at radius 2 is 2.19 bits per heavy atom. The van der Waals surface area contributed by atoms with Gasteiger partial charge >= 0.3 is 5.97 Å². The smallest absolute Gasteiger partial charge is 0.354 e. The van der Waals surface area contributed by atoms with E-state index in [1.54, 1.807) is 18.2 Å². The van der Waals surface area contributed by atoms with Crippen LogP contribution in [0.5, 0.6) is 5.75 Å². The molecule has 2 aromatic rings. The Kier molecular flexibility index (Phi) is 4.59. The number of ether oxygens (including phenoxy) is 1. The summed E-state index contributed by atoms with van der Waals surface area (Å²) in [5, 5.41) is 9.49. The maximum Gasteiger partial charge on any atom is 0.354 e. The van der Waals surface area contributed by atoms with Gasteiger partial charge in [-0.25, -0.2) is 9.78 Å². The van der Waals surface area contributed by atoms with Gasteiger partial charge in [0.15, 0.2) is 5.69 Å². The first-order valence-corrected chi connectivity index (χ1v) is 6.56. The van der Waals surface area contributed by atoms with Crippen molar-refractivity contribution in [3.63, 3.8) is 0 Å². The normalized spacial score (nSPS) is 10.4. The van der Waals surface area contributed by atoms with Crippen LogP contribution < -0.4 is 10.3 Å². The van der Waals surface area contributed by atoms with Gasteiger partial charge in [-0.15, -0.1) is 0 Å². The third kappa shape index (κ3) is 4.06. The van der Waals surface area contributed by atoms with E-state index in [0.29, 0.717) is 10.8 Å². The highest BCUT2D eigenvalue weighted by molar-refractivity contribution is 6.31. The molecule has 0 saturated heterocycles. The highest BCUT2D eigenvalue weighted by Crippen LogP contribution is 2.20. The Hall–Kier alpha value is -2.34. The molecule has 0 spiro atoms. The van der Waals surface area contributed by atoms with Crippen molar-refractivity contribution >= 4 is 17.6 Å². The van der Waals surface area contributed by atoms with Crippen molar-refractivity contribution in [1.82, 2.24) is 9.97 Å². The third-order valence-corrected chi connectivity index (χ3v) is 3.17. The third-order valence-electron chi connectivity index (χ3n) is 2.75. The molecule has 0 aliphatic carbocycles. The van der Waals surface area contributed by atoms with Gasteiger partial charge in [-0.1, -0.05) is 11.6 Å². The number of H-pyrrole nitrogens is 1. The standard InChI is InChI=1S/C14H13ClN2O4/c1-8-6-9(2-3-10(8)15)21-5-4-12-16-11(14(19)20)7-13(18)17-12/h2-3,6-7H,4-5H2,1H3,(H,19,20)(H,16,17,18). The molecule has 0 atom stereocenters. The predicted molar refractivity (Wildman–Crippen MR) is 77.2 cm³/mol. The highest BCUT2D eigenvalue weighted by Gasteiger charge is 2.08. The Labute approximate surface area is 125 Å². The molecule has 0 saturated carbocycles. The minimum absolute atomic E-state index is 0.257. The van der Waals surface area contributed by atoms with Crippen molar-refractivity contribution in [3.05, 3.63) is 56.7 Å². The molecule has 21 heavy (non-hydrogen) atoms. The van der Waals surface area contributed by atoms with Crippen LogP contribution in [0, 0.1) is 6.92 Å². The molecule has 2 rings (SSSR count). The Bertz CT molecular complexity index is 727. The second-order valence-electron chi connectivity index (χ2n) is 4.39. The van der Waals surface area contributed by atoms with E-state index in [0.717, 1.165) is 11.6 Å². The van der Waals surface area contributed by atoms with Crippen LogP contribution in [0.3, 0.4) is 0 Å². The lowest BCUT2D eigenvalue weighted by molar-refractivity contribution is 0.0689. The lowest BCUT2D eigenvalue weighted by Gasteiger charge is -2.07. The molecule has 0 unspecified atom stereocenters. The van der Waals surface area contributed by atoms with Crippen molar-refractivity contribution in [2.75, 3.05) is 6.61 Å². The van der Waals surface area contributed by atoms with Crippen molar-refractivity contribution in [2.24, 2.45) is 0 Å². The molecule has 1 aromatic heterocycles. The van der Waals surface area contributed by atoms with E-state index < -0.39 is 11.5 Å². The van der Waals surface area contributed by atoms with Crippen molar-refractivity contribution in [1.29, 1.82) is 0 Å². The highest BCUT2D eigenvalue weighted by atomic mass is 35.5. The molecule has 1 aromatic carbocycles. The zero-order valence-electron chi connectivity index (χ0n) is 11.2. The molecule has 1 heterocycles. The number of benzene rings is 1. The van der Waals surface area contributed by atoms with E-state index in [1.807, 2.05) is 6.92 Å². The molecule has 0 aliphatic heterocycles. The van der Waals surface area contributed by atoms with Crippen LogP contribution in [-0.2, 0) is 6.42 Å². The number of rotatable bonds is 5. The number of carbonyl (C=O) groups is 1. The maximum atomic E-state index is 11.3. The quantitative estimate of drug-likeness (QED) is 0.882. The number of carboxylic acids is 1. The summed E-state index contributed by atoms with van der Waals surface area (Å²) in [5.74, 6) is -0.323. The molecule has 7 heteroatoms. The Balaban J connectivity index is 2.01. The van der Waals surface area contributed by atoms with E-state index in [9.17, 15) is 9.59 Å². The molecule has 0 bridgehead atoms. The van der Waals surface area contributed by atoms with Gasteiger partial charge in [-0.2, -0.15) is 0 Å². The maximum absolute atomic E-state index is 11.3. The fourth-order valence-corrected chi connectivity index (χ4v) is 1.83.